The highest BCUT2D eigenvalue weighted by molar-refractivity contribution is 5.65. The molecule has 5 heteroatoms. The second kappa shape index (κ2) is 8.34. The second-order valence-corrected chi connectivity index (χ2v) is 6.24. The number of aliphatic hydroxyl groups is 1. The molecule has 27 heavy (non-hydrogen) atoms. The summed E-state index contributed by atoms with van der Waals surface area (Å²) in [5.74, 6) is 3.71. The van der Waals surface area contributed by atoms with Crippen molar-refractivity contribution in [2.24, 2.45) is 0 Å². The van der Waals surface area contributed by atoms with E-state index in [-0.39, 0.29) is 6.61 Å². The number of methoxy groups -OCH3 is 4. The fourth-order valence-corrected chi connectivity index (χ4v) is 3.49. The van der Waals surface area contributed by atoms with Gasteiger partial charge >= 0.3 is 0 Å². The predicted molar refractivity (Wildman–Crippen MR) is 105 cm³/mol. The molecule has 0 aromatic heterocycles. The topological polar surface area (TPSA) is 57.2 Å². The Labute approximate surface area is 160 Å². The van der Waals surface area contributed by atoms with Gasteiger partial charge in [0.25, 0.3) is 0 Å². The predicted octanol–water partition coefficient (Wildman–Crippen LogP) is 3.34. The highest BCUT2D eigenvalue weighted by Crippen LogP contribution is 2.48. The molecule has 144 valence electrons. The Morgan fingerprint density at radius 1 is 0.963 bits per heavy atom. The molecule has 0 bridgehead atoms. The van der Waals surface area contributed by atoms with Crippen LogP contribution in [0.2, 0.25) is 0 Å². The number of hydrogen-bond acceptors (Lipinski definition) is 5. The van der Waals surface area contributed by atoms with Crippen molar-refractivity contribution >= 4 is 0 Å². The number of hydrogen-bond donors (Lipinski definition) is 1. The summed E-state index contributed by atoms with van der Waals surface area (Å²) in [6.45, 7) is 4.08. The Kier molecular flexibility index (Phi) is 6.37. The van der Waals surface area contributed by atoms with E-state index in [0.717, 1.165) is 11.1 Å². The largest absolute Gasteiger partial charge is 0.492 e. The number of terminal acetylenes is 1. The van der Waals surface area contributed by atoms with E-state index in [1.54, 1.807) is 13.2 Å². The monoisotopic (exact) mass is 370 g/mol. The third-order valence-corrected chi connectivity index (χ3v) is 4.62. The van der Waals surface area contributed by atoms with Gasteiger partial charge in [-0.25, -0.2) is 0 Å². The standard InChI is InChI=1S/C22H26O5/c1-8-22(23,18-14(2)10-9-11-15(18)3)17-12-16(13-24-4)19(25-5)21(27-7)20(17)26-6/h1,9-12,23H,13H2,2-7H3. The highest BCUT2D eigenvalue weighted by Gasteiger charge is 2.38. The van der Waals surface area contributed by atoms with Crippen molar-refractivity contribution in [1.29, 1.82) is 0 Å². The van der Waals surface area contributed by atoms with E-state index in [1.807, 2.05) is 32.0 Å². The summed E-state index contributed by atoms with van der Waals surface area (Å²) in [5.41, 5.74) is 1.76. The Morgan fingerprint density at radius 2 is 1.52 bits per heavy atom. The van der Waals surface area contributed by atoms with Crippen LogP contribution >= 0.6 is 0 Å². The molecular weight excluding hydrogens is 344 g/mol. The molecule has 0 aliphatic heterocycles. The Bertz CT molecular complexity index is 846. The van der Waals surface area contributed by atoms with Crippen LogP contribution in [0.4, 0.5) is 0 Å². The molecule has 1 unspecified atom stereocenters. The van der Waals surface area contributed by atoms with E-state index in [2.05, 4.69) is 5.92 Å². The average molecular weight is 370 g/mol. The lowest BCUT2D eigenvalue weighted by Crippen LogP contribution is -2.28. The molecule has 2 rings (SSSR count). The van der Waals surface area contributed by atoms with Crippen LogP contribution in [-0.2, 0) is 16.9 Å². The van der Waals surface area contributed by atoms with Gasteiger partial charge in [-0.2, -0.15) is 0 Å². The Morgan fingerprint density at radius 3 is 1.96 bits per heavy atom. The molecular formula is C22H26O5. The van der Waals surface area contributed by atoms with Crippen LogP contribution in [0.1, 0.15) is 27.8 Å². The fraction of sp³-hybridized carbons (Fsp3) is 0.364. The maximum atomic E-state index is 11.7. The number of ether oxygens (including phenoxy) is 4. The molecule has 2 aromatic carbocycles. The van der Waals surface area contributed by atoms with E-state index in [9.17, 15) is 5.11 Å². The summed E-state index contributed by atoms with van der Waals surface area (Å²) < 4.78 is 21.9. The zero-order valence-corrected chi connectivity index (χ0v) is 16.7. The van der Waals surface area contributed by atoms with Crippen LogP contribution in [0, 0.1) is 26.2 Å². The zero-order chi connectivity index (χ0) is 20.2. The van der Waals surface area contributed by atoms with Gasteiger partial charge in [-0.1, -0.05) is 24.1 Å². The van der Waals surface area contributed by atoms with Crippen LogP contribution in [-0.4, -0.2) is 33.5 Å². The minimum atomic E-state index is -1.72. The minimum Gasteiger partial charge on any atom is -0.492 e. The van der Waals surface area contributed by atoms with E-state index in [0.29, 0.717) is 33.9 Å². The first-order valence-electron chi connectivity index (χ1n) is 8.47. The molecule has 2 aromatic rings. The van der Waals surface area contributed by atoms with Crippen molar-refractivity contribution in [1.82, 2.24) is 0 Å². The molecule has 1 N–H and O–H groups in total. The second-order valence-electron chi connectivity index (χ2n) is 6.24. The fourth-order valence-electron chi connectivity index (χ4n) is 3.49. The lowest BCUT2D eigenvalue weighted by Gasteiger charge is -2.30. The Hall–Kier alpha value is -2.68. The van der Waals surface area contributed by atoms with E-state index < -0.39 is 5.60 Å². The van der Waals surface area contributed by atoms with Crippen LogP contribution < -0.4 is 14.2 Å². The highest BCUT2D eigenvalue weighted by atomic mass is 16.5. The van der Waals surface area contributed by atoms with Crippen LogP contribution in [0.5, 0.6) is 17.2 Å². The molecule has 0 aliphatic rings. The summed E-state index contributed by atoms with van der Waals surface area (Å²) in [6, 6.07) is 7.49. The molecule has 0 fully saturated rings. The quantitative estimate of drug-likeness (QED) is 0.758. The van der Waals surface area contributed by atoms with Crippen molar-refractivity contribution in [3.8, 4) is 29.6 Å². The molecule has 1 atom stereocenters. The average Bonchev–Trinajstić information content (AvgIpc) is 2.66. The Balaban J connectivity index is 2.93. The summed E-state index contributed by atoms with van der Waals surface area (Å²) in [7, 11) is 6.12. The van der Waals surface area contributed by atoms with Gasteiger partial charge in [0.1, 0.15) is 0 Å². The third-order valence-electron chi connectivity index (χ3n) is 4.62. The first kappa shape index (κ1) is 20.6. The lowest BCUT2D eigenvalue weighted by molar-refractivity contribution is 0.137. The molecule has 0 spiro atoms. The zero-order valence-electron chi connectivity index (χ0n) is 16.7. The molecule has 0 radical (unpaired) electrons. The van der Waals surface area contributed by atoms with Crippen molar-refractivity contribution in [3.63, 3.8) is 0 Å². The summed E-state index contributed by atoms with van der Waals surface area (Å²) in [6.07, 6.45) is 5.86. The van der Waals surface area contributed by atoms with Gasteiger partial charge in [0.2, 0.25) is 5.75 Å². The lowest BCUT2D eigenvalue weighted by atomic mass is 9.80. The first-order chi connectivity index (χ1) is 12.9. The summed E-state index contributed by atoms with van der Waals surface area (Å²) in [4.78, 5) is 0. The van der Waals surface area contributed by atoms with Crippen molar-refractivity contribution in [3.05, 3.63) is 52.1 Å². The molecule has 0 aliphatic carbocycles. The van der Waals surface area contributed by atoms with Gasteiger partial charge in [0, 0.05) is 23.8 Å². The van der Waals surface area contributed by atoms with Crippen molar-refractivity contribution in [2.45, 2.75) is 26.1 Å². The molecule has 0 saturated carbocycles. The van der Waals surface area contributed by atoms with Gasteiger partial charge in [0.05, 0.1) is 27.9 Å². The van der Waals surface area contributed by atoms with Gasteiger partial charge in [0.15, 0.2) is 17.1 Å². The SMILES string of the molecule is C#CC(O)(c1cc(COC)c(OC)c(OC)c1OC)c1c(C)cccc1C. The first-order valence-corrected chi connectivity index (χ1v) is 8.47. The van der Waals surface area contributed by atoms with E-state index in [1.165, 1.54) is 21.3 Å². The third kappa shape index (κ3) is 3.46. The van der Waals surface area contributed by atoms with Gasteiger partial charge in [-0.3, -0.25) is 0 Å². The molecule has 5 nitrogen and oxygen atoms in total. The van der Waals surface area contributed by atoms with Crippen LogP contribution in [0.15, 0.2) is 24.3 Å². The number of rotatable bonds is 7. The van der Waals surface area contributed by atoms with Crippen LogP contribution in [0.3, 0.4) is 0 Å². The van der Waals surface area contributed by atoms with E-state index >= 15 is 0 Å². The van der Waals surface area contributed by atoms with Gasteiger partial charge in [-0.15, -0.1) is 6.42 Å². The molecule has 0 heterocycles. The maximum absolute atomic E-state index is 11.7. The summed E-state index contributed by atoms with van der Waals surface area (Å²) in [5, 5.41) is 11.7. The van der Waals surface area contributed by atoms with Crippen molar-refractivity contribution < 1.29 is 24.1 Å². The van der Waals surface area contributed by atoms with E-state index in [4.69, 9.17) is 25.4 Å². The van der Waals surface area contributed by atoms with Crippen LogP contribution in [0.25, 0.3) is 0 Å². The normalized spacial score (nSPS) is 12.8. The maximum Gasteiger partial charge on any atom is 0.204 e. The smallest absolute Gasteiger partial charge is 0.204 e. The molecule has 0 amide bonds. The van der Waals surface area contributed by atoms with Gasteiger partial charge < -0.3 is 24.1 Å². The summed E-state index contributed by atoms with van der Waals surface area (Å²) >= 11 is 0. The molecule has 0 saturated heterocycles. The van der Waals surface area contributed by atoms with Gasteiger partial charge in [-0.05, 0) is 31.0 Å². The van der Waals surface area contributed by atoms with Crippen molar-refractivity contribution in [2.75, 3.05) is 28.4 Å². The number of benzene rings is 2. The number of aryl methyl sites for hydroxylation is 2. The minimum absolute atomic E-state index is 0.254.